The molecule has 0 aliphatic rings. The fourth-order valence-electron chi connectivity index (χ4n) is 0.844. The molecule has 0 saturated heterocycles. The molecule has 0 radical (unpaired) electrons. The lowest BCUT2D eigenvalue weighted by atomic mass is 10.0. The van der Waals surface area contributed by atoms with Crippen LogP contribution in [0.2, 0.25) is 0 Å². The molecule has 0 spiro atoms. The summed E-state index contributed by atoms with van der Waals surface area (Å²) in [6, 6.07) is 0. The summed E-state index contributed by atoms with van der Waals surface area (Å²) < 4.78 is 0. The molecule has 0 aliphatic heterocycles. The van der Waals surface area contributed by atoms with E-state index in [0.29, 0.717) is 12.4 Å². The molecule has 0 fully saturated rings. The van der Waals surface area contributed by atoms with Crippen LogP contribution in [0.4, 0.5) is 0 Å². The quantitative estimate of drug-likeness (QED) is 0.385. The van der Waals surface area contributed by atoms with Gasteiger partial charge in [0.25, 0.3) is 0 Å². The van der Waals surface area contributed by atoms with Crippen LogP contribution in [-0.4, -0.2) is 17.9 Å². The third-order valence-corrected chi connectivity index (χ3v) is 1.57. The van der Waals surface area contributed by atoms with Crippen molar-refractivity contribution in [3.8, 4) is 0 Å². The lowest BCUT2D eigenvalue weighted by molar-refractivity contribution is 0.481. The molecule has 13 heavy (non-hydrogen) atoms. The second kappa shape index (κ2) is 5.75. The molecule has 0 amide bonds. The number of hydrogen-bond donors (Lipinski definition) is 2. The fraction of sp³-hybridized carbons (Fsp3) is 0.700. The highest BCUT2D eigenvalue weighted by atomic mass is 14.8. The van der Waals surface area contributed by atoms with Crippen molar-refractivity contribution >= 4 is 5.84 Å². The van der Waals surface area contributed by atoms with Gasteiger partial charge in [0, 0.05) is 5.54 Å². The summed E-state index contributed by atoms with van der Waals surface area (Å²) in [5.41, 5.74) is 11.1. The maximum Gasteiger partial charge on any atom is 0.0909 e. The van der Waals surface area contributed by atoms with Gasteiger partial charge in [-0.1, -0.05) is 12.2 Å². The van der Waals surface area contributed by atoms with E-state index in [-0.39, 0.29) is 5.54 Å². The van der Waals surface area contributed by atoms with Crippen molar-refractivity contribution in [2.24, 2.45) is 16.5 Å². The van der Waals surface area contributed by atoms with Crippen LogP contribution in [0.15, 0.2) is 17.1 Å². The minimum absolute atomic E-state index is 0.0720. The smallest absolute Gasteiger partial charge is 0.0909 e. The second-order valence-electron chi connectivity index (χ2n) is 3.98. The molecule has 0 aromatic heterocycles. The molecule has 0 atom stereocenters. The third kappa shape index (κ3) is 11.2. The van der Waals surface area contributed by atoms with Gasteiger partial charge in [0.15, 0.2) is 0 Å². The third-order valence-electron chi connectivity index (χ3n) is 1.57. The largest absolute Gasteiger partial charge is 0.388 e. The summed E-state index contributed by atoms with van der Waals surface area (Å²) in [4.78, 5) is 4.03. The monoisotopic (exact) mass is 183 g/mol. The number of allylic oxidation sites excluding steroid dienone is 1. The van der Waals surface area contributed by atoms with Crippen LogP contribution in [0.3, 0.4) is 0 Å². The topological polar surface area (TPSA) is 64.4 Å². The van der Waals surface area contributed by atoms with E-state index in [9.17, 15) is 0 Å². The van der Waals surface area contributed by atoms with Crippen molar-refractivity contribution in [3.63, 3.8) is 0 Å². The SMILES string of the molecule is CC(N)=NC/C=C\CCC(C)(C)N. The second-order valence-corrected chi connectivity index (χ2v) is 3.98. The highest BCUT2D eigenvalue weighted by Crippen LogP contribution is 2.06. The molecular formula is C10H21N3. The molecule has 3 nitrogen and oxygen atoms in total. The normalized spacial score (nSPS) is 14.0. The summed E-state index contributed by atoms with van der Waals surface area (Å²) in [6.07, 6.45) is 6.11. The van der Waals surface area contributed by atoms with E-state index in [4.69, 9.17) is 11.5 Å². The number of amidine groups is 1. The van der Waals surface area contributed by atoms with Crippen molar-refractivity contribution in [2.45, 2.75) is 39.2 Å². The number of nitrogens with two attached hydrogens (primary N) is 2. The summed E-state index contributed by atoms with van der Waals surface area (Å²) in [6.45, 7) is 6.52. The number of rotatable bonds is 5. The van der Waals surface area contributed by atoms with E-state index in [2.05, 4.69) is 11.1 Å². The Labute approximate surface area is 80.9 Å². The molecule has 0 bridgehead atoms. The molecule has 4 N–H and O–H groups in total. The molecule has 0 saturated carbocycles. The molecule has 0 aromatic carbocycles. The Morgan fingerprint density at radius 1 is 1.38 bits per heavy atom. The average molecular weight is 183 g/mol. The minimum atomic E-state index is -0.0720. The molecule has 76 valence electrons. The summed E-state index contributed by atoms with van der Waals surface area (Å²) >= 11 is 0. The Kier molecular flexibility index (Phi) is 5.39. The first-order valence-corrected chi connectivity index (χ1v) is 4.62. The standard InChI is InChI=1S/C10H21N3/c1-9(11)13-8-6-4-5-7-10(2,3)12/h4,6H,5,7-8,12H2,1-3H3,(H2,11,13)/b6-4-. The Bertz CT molecular complexity index is 183. The van der Waals surface area contributed by atoms with E-state index in [1.807, 2.05) is 19.9 Å². The van der Waals surface area contributed by atoms with Crippen molar-refractivity contribution in [1.29, 1.82) is 0 Å². The maximum absolute atomic E-state index is 5.82. The molecule has 0 heterocycles. The molecular weight excluding hydrogens is 162 g/mol. The summed E-state index contributed by atoms with van der Waals surface area (Å²) in [5, 5.41) is 0. The molecule has 0 aliphatic carbocycles. The van der Waals surface area contributed by atoms with Gasteiger partial charge in [-0.25, -0.2) is 0 Å². The van der Waals surface area contributed by atoms with E-state index >= 15 is 0 Å². The molecule has 0 aromatic rings. The van der Waals surface area contributed by atoms with Gasteiger partial charge in [-0.05, 0) is 33.6 Å². The van der Waals surface area contributed by atoms with Gasteiger partial charge in [0.05, 0.1) is 12.4 Å². The fourth-order valence-corrected chi connectivity index (χ4v) is 0.844. The number of nitrogens with zero attached hydrogens (tertiary/aromatic N) is 1. The molecule has 3 heteroatoms. The van der Waals surface area contributed by atoms with Crippen molar-refractivity contribution in [3.05, 3.63) is 12.2 Å². The lowest BCUT2D eigenvalue weighted by Gasteiger charge is -2.16. The zero-order chi connectivity index (χ0) is 10.3. The highest BCUT2D eigenvalue weighted by molar-refractivity contribution is 5.77. The van der Waals surface area contributed by atoms with Crippen LogP contribution in [0.25, 0.3) is 0 Å². The van der Waals surface area contributed by atoms with Gasteiger partial charge in [-0.15, -0.1) is 0 Å². The van der Waals surface area contributed by atoms with Crippen LogP contribution < -0.4 is 11.5 Å². The number of aliphatic imine (C=N–C) groups is 1. The first kappa shape index (κ1) is 12.2. The van der Waals surface area contributed by atoms with Gasteiger partial charge in [-0.2, -0.15) is 0 Å². The zero-order valence-corrected chi connectivity index (χ0v) is 8.88. The van der Waals surface area contributed by atoms with Gasteiger partial charge in [0.2, 0.25) is 0 Å². The van der Waals surface area contributed by atoms with Crippen LogP contribution in [0.1, 0.15) is 33.6 Å². The van der Waals surface area contributed by atoms with Gasteiger partial charge in [-0.3, -0.25) is 4.99 Å². The van der Waals surface area contributed by atoms with Crippen molar-refractivity contribution in [2.75, 3.05) is 6.54 Å². The van der Waals surface area contributed by atoms with Gasteiger partial charge < -0.3 is 11.5 Å². The van der Waals surface area contributed by atoms with Gasteiger partial charge in [0.1, 0.15) is 0 Å². The summed E-state index contributed by atoms with van der Waals surface area (Å²) in [5.74, 6) is 0.629. The van der Waals surface area contributed by atoms with Crippen LogP contribution >= 0.6 is 0 Å². The van der Waals surface area contributed by atoms with E-state index in [1.165, 1.54) is 0 Å². The van der Waals surface area contributed by atoms with Crippen LogP contribution in [0.5, 0.6) is 0 Å². The van der Waals surface area contributed by atoms with Crippen molar-refractivity contribution < 1.29 is 0 Å². The first-order chi connectivity index (χ1) is 5.92. The Morgan fingerprint density at radius 2 is 2.00 bits per heavy atom. The predicted octanol–water partition coefficient (Wildman–Crippen LogP) is 1.44. The van der Waals surface area contributed by atoms with E-state index in [0.717, 1.165) is 12.8 Å². The Morgan fingerprint density at radius 3 is 2.46 bits per heavy atom. The summed E-state index contributed by atoms with van der Waals surface area (Å²) in [7, 11) is 0. The van der Waals surface area contributed by atoms with Gasteiger partial charge >= 0.3 is 0 Å². The average Bonchev–Trinajstić information content (AvgIpc) is 1.93. The Balaban J connectivity index is 3.49. The van der Waals surface area contributed by atoms with E-state index in [1.54, 1.807) is 6.92 Å². The predicted molar refractivity (Wildman–Crippen MR) is 58.8 cm³/mol. The van der Waals surface area contributed by atoms with Crippen molar-refractivity contribution in [1.82, 2.24) is 0 Å². The molecule has 0 rings (SSSR count). The molecule has 0 unspecified atom stereocenters. The first-order valence-electron chi connectivity index (χ1n) is 4.62. The van der Waals surface area contributed by atoms with E-state index < -0.39 is 0 Å². The maximum atomic E-state index is 5.82. The zero-order valence-electron chi connectivity index (χ0n) is 8.88. The highest BCUT2D eigenvalue weighted by Gasteiger charge is 2.07. The van der Waals surface area contributed by atoms with Crippen LogP contribution in [-0.2, 0) is 0 Å². The number of hydrogen-bond acceptors (Lipinski definition) is 2. The van der Waals surface area contributed by atoms with Crippen LogP contribution in [0, 0.1) is 0 Å². The lowest BCUT2D eigenvalue weighted by Crippen LogP contribution is -2.31. The minimum Gasteiger partial charge on any atom is -0.388 e. The Hall–Kier alpha value is -0.830.